The Morgan fingerprint density at radius 3 is 2.67 bits per heavy atom. The van der Waals surface area contributed by atoms with Gasteiger partial charge >= 0.3 is 0 Å². The van der Waals surface area contributed by atoms with Crippen LogP contribution in [0.3, 0.4) is 0 Å². The second-order valence-electron chi connectivity index (χ2n) is 5.34. The second-order valence-corrected chi connectivity index (χ2v) is 5.34. The van der Waals surface area contributed by atoms with Gasteiger partial charge in [0.05, 0.1) is 13.2 Å². The minimum atomic E-state index is 0.190. The molecule has 0 spiro atoms. The summed E-state index contributed by atoms with van der Waals surface area (Å²) in [5.41, 5.74) is 3.76. The van der Waals surface area contributed by atoms with Crippen molar-refractivity contribution >= 4 is 5.69 Å². The summed E-state index contributed by atoms with van der Waals surface area (Å²) >= 11 is 0. The number of benzene rings is 2. The van der Waals surface area contributed by atoms with Crippen LogP contribution in [-0.4, -0.2) is 25.4 Å². The summed E-state index contributed by atoms with van der Waals surface area (Å²) in [6.45, 7) is 1.16. The van der Waals surface area contributed by atoms with Gasteiger partial charge in [0.2, 0.25) is 0 Å². The Morgan fingerprint density at radius 1 is 1.14 bits per heavy atom. The predicted octanol–water partition coefficient (Wildman–Crippen LogP) is 3.18. The lowest BCUT2D eigenvalue weighted by molar-refractivity contribution is 0.274. The van der Waals surface area contributed by atoms with E-state index in [-0.39, 0.29) is 12.6 Å². The van der Waals surface area contributed by atoms with Crippen LogP contribution in [0.1, 0.15) is 23.6 Å². The lowest BCUT2D eigenvalue weighted by Crippen LogP contribution is -2.27. The molecule has 2 aromatic carbocycles. The Balaban J connectivity index is 1.97. The number of anilines is 1. The van der Waals surface area contributed by atoms with Gasteiger partial charge in [0.15, 0.2) is 0 Å². The topological polar surface area (TPSA) is 32.7 Å². The Kier molecular flexibility index (Phi) is 4.11. The fourth-order valence-corrected chi connectivity index (χ4v) is 3.24. The Morgan fingerprint density at radius 2 is 1.95 bits per heavy atom. The van der Waals surface area contributed by atoms with Crippen molar-refractivity contribution < 1.29 is 9.84 Å². The maximum absolute atomic E-state index is 9.46. The van der Waals surface area contributed by atoms with Gasteiger partial charge in [0.1, 0.15) is 5.75 Å². The van der Waals surface area contributed by atoms with Crippen molar-refractivity contribution in [1.29, 1.82) is 0 Å². The van der Waals surface area contributed by atoms with Crippen molar-refractivity contribution in [3.05, 3.63) is 59.7 Å². The third-order valence-corrected chi connectivity index (χ3v) is 4.20. The highest BCUT2D eigenvalue weighted by atomic mass is 16.5. The van der Waals surface area contributed by atoms with Gasteiger partial charge in [-0.1, -0.05) is 36.4 Å². The molecule has 0 bridgehead atoms. The summed E-state index contributed by atoms with van der Waals surface area (Å²) in [7, 11) is 1.72. The van der Waals surface area contributed by atoms with Crippen LogP contribution in [0.2, 0.25) is 0 Å². The highest BCUT2D eigenvalue weighted by Gasteiger charge is 2.28. The van der Waals surface area contributed by atoms with Gasteiger partial charge in [-0.3, -0.25) is 0 Å². The summed E-state index contributed by atoms with van der Waals surface area (Å²) in [5.74, 6) is 0.964. The Hall–Kier alpha value is -2.00. The van der Waals surface area contributed by atoms with Crippen LogP contribution in [0.25, 0.3) is 0 Å². The molecule has 0 radical (unpaired) electrons. The molecule has 110 valence electrons. The van der Waals surface area contributed by atoms with E-state index in [4.69, 9.17) is 4.74 Å². The molecule has 21 heavy (non-hydrogen) atoms. The normalized spacial score (nSPS) is 14.9. The maximum atomic E-state index is 9.46. The van der Waals surface area contributed by atoms with Crippen molar-refractivity contribution in [2.75, 3.05) is 25.2 Å². The number of nitrogens with zero attached hydrogens (tertiary/aromatic N) is 1. The number of rotatable bonds is 5. The molecular weight excluding hydrogens is 262 g/mol. The SMILES string of the molecule is COc1cccc2c1CCN2C(CCO)c1ccccc1. The molecule has 0 aliphatic carbocycles. The minimum absolute atomic E-state index is 0.190. The number of aliphatic hydroxyl groups is 1. The van der Waals surface area contributed by atoms with Gasteiger partial charge in [0.25, 0.3) is 0 Å². The standard InChI is InChI=1S/C18H21NO2/c1-21-18-9-5-8-17-15(18)10-12-19(17)16(11-13-20)14-6-3-2-4-7-14/h2-9,16,20H,10-13H2,1H3. The summed E-state index contributed by atoms with van der Waals surface area (Å²) < 4.78 is 5.47. The number of ether oxygens (including phenoxy) is 1. The van der Waals surface area contributed by atoms with E-state index in [1.54, 1.807) is 7.11 Å². The molecule has 2 aromatic rings. The Bertz CT molecular complexity index is 597. The van der Waals surface area contributed by atoms with E-state index in [0.29, 0.717) is 0 Å². The van der Waals surface area contributed by atoms with Crippen LogP contribution in [0.4, 0.5) is 5.69 Å². The average Bonchev–Trinajstić information content (AvgIpc) is 2.97. The molecule has 3 heteroatoms. The first-order valence-electron chi connectivity index (χ1n) is 7.43. The minimum Gasteiger partial charge on any atom is -0.496 e. The van der Waals surface area contributed by atoms with Crippen molar-refractivity contribution in [2.45, 2.75) is 18.9 Å². The maximum Gasteiger partial charge on any atom is 0.124 e. The quantitative estimate of drug-likeness (QED) is 0.915. The zero-order valence-electron chi connectivity index (χ0n) is 12.3. The molecule has 0 saturated carbocycles. The van der Waals surface area contributed by atoms with Gasteiger partial charge in [-0.15, -0.1) is 0 Å². The number of aliphatic hydroxyl groups excluding tert-OH is 1. The number of hydrogen-bond acceptors (Lipinski definition) is 3. The van der Waals surface area contributed by atoms with Crippen molar-refractivity contribution in [1.82, 2.24) is 0 Å². The molecule has 0 amide bonds. The fraction of sp³-hybridized carbons (Fsp3) is 0.333. The highest BCUT2D eigenvalue weighted by Crippen LogP contribution is 2.40. The van der Waals surface area contributed by atoms with E-state index in [0.717, 1.165) is 25.1 Å². The lowest BCUT2D eigenvalue weighted by atomic mass is 10.0. The van der Waals surface area contributed by atoms with Gasteiger partial charge in [-0.2, -0.15) is 0 Å². The predicted molar refractivity (Wildman–Crippen MR) is 84.9 cm³/mol. The van der Waals surface area contributed by atoms with Crippen LogP contribution < -0.4 is 9.64 Å². The zero-order valence-corrected chi connectivity index (χ0v) is 12.3. The molecule has 3 nitrogen and oxygen atoms in total. The molecular formula is C18H21NO2. The summed E-state index contributed by atoms with van der Waals surface area (Å²) in [6, 6.07) is 16.8. The molecule has 1 atom stereocenters. The van der Waals surface area contributed by atoms with Gasteiger partial charge in [-0.05, 0) is 30.5 Å². The first-order chi connectivity index (χ1) is 10.3. The molecule has 0 fully saturated rings. The molecule has 0 aromatic heterocycles. The lowest BCUT2D eigenvalue weighted by Gasteiger charge is -2.30. The molecule has 1 aliphatic rings. The van der Waals surface area contributed by atoms with Crippen LogP contribution in [0.5, 0.6) is 5.75 Å². The van der Waals surface area contributed by atoms with Crippen molar-refractivity contribution in [2.24, 2.45) is 0 Å². The third-order valence-electron chi connectivity index (χ3n) is 4.20. The third kappa shape index (κ3) is 2.61. The van der Waals surface area contributed by atoms with Gasteiger partial charge in [-0.25, -0.2) is 0 Å². The first-order valence-corrected chi connectivity index (χ1v) is 7.43. The van der Waals surface area contributed by atoms with Crippen molar-refractivity contribution in [3.8, 4) is 5.75 Å². The van der Waals surface area contributed by atoms with E-state index in [2.05, 4.69) is 35.2 Å². The highest BCUT2D eigenvalue weighted by molar-refractivity contribution is 5.64. The first kappa shape index (κ1) is 14.0. The molecule has 1 N–H and O–H groups in total. The van der Waals surface area contributed by atoms with Crippen molar-refractivity contribution in [3.63, 3.8) is 0 Å². The summed E-state index contributed by atoms with van der Waals surface area (Å²) in [5, 5.41) is 9.46. The second kappa shape index (κ2) is 6.19. The number of fused-ring (bicyclic) bond motifs is 1. The zero-order chi connectivity index (χ0) is 14.7. The van der Waals surface area contributed by atoms with Crippen LogP contribution in [0, 0.1) is 0 Å². The van der Waals surface area contributed by atoms with E-state index < -0.39 is 0 Å². The smallest absolute Gasteiger partial charge is 0.124 e. The largest absolute Gasteiger partial charge is 0.496 e. The molecule has 3 rings (SSSR count). The Labute approximate surface area is 125 Å². The summed E-state index contributed by atoms with van der Waals surface area (Å²) in [6.07, 6.45) is 1.73. The van der Waals surface area contributed by atoms with Gasteiger partial charge < -0.3 is 14.7 Å². The molecule has 1 aliphatic heterocycles. The van der Waals surface area contributed by atoms with Gasteiger partial charge in [0, 0.05) is 24.4 Å². The van der Waals surface area contributed by atoms with Crippen LogP contribution in [0.15, 0.2) is 48.5 Å². The van der Waals surface area contributed by atoms with Crippen LogP contribution >= 0.6 is 0 Å². The van der Waals surface area contributed by atoms with E-state index in [9.17, 15) is 5.11 Å². The number of hydrogen-bond donors (Lipinski definition) is 1. The number of methoxy groups -OCH3 is 1. The van der Waals surface area contributed by atoms with E-state index in [1.807, 2.05) is 18.2 Å². The monoisotopic (exact) mass is 283 g/mol. The summed E-state index contributed by atoms with van der Waals surface area (Å²) in [4.78, 5) is 2.39. The van der Waals surface area contributed by atoms with E-state index in [1.165, 1.54) is 16.8 Å². The van der Waals surface area contributed by atoms with E-state index >= 15 is 0 Å². The van der Waals surface area contributed by atoms with Crippen LogP contribution in [-0.2, 0) is 6.42 Å². The fourth-order valence-electron chi connectivity index (χ4n) is 3.24. The molecule has 1 heterocycles. The molecule has 0 saturated heterocycles. The molecule has 1 unspecified atom stereocenters. The average molecular weight is 283 g/mol.